The number of aromatic amines is 1. The Morgan fingerprint density at radius 1 is 1.24 bits per heavy atom. The summed E-state index contributed by atoms with van der Waals surface area (Å²) in [7, 11) is 0. The first-order valence-electron chi connectivity index (χ1n) is 8.06. The van der Waals surface area contributed by atoms with E-state index in [0.29, 0.717) is 12.0 Å². The van der Waals surface area contributed by atoms with Gasteiger partial charge in [-0.05, 0) is 61.8 Å². The average Bonchev–Trinajstić information content (AvgIpc) is 2.91. The maximum Gasteiger partial charge on any atom is 0.0522 e. The number of hydrogen-bond donors (Lipinski definition) is 2. The number of rotatable bonds is 5. The summed E-state index contributed by atoms with van der Waals surface area (Å²) < 4.78 is 0. The first-order valence-corrected chi connectivity index (χ1v) is 8.06. The molecule has 3 nitrogen and oxygen atoms in total. The fourth-order valence-corrected chi connectivity index (χ4v) is 3.40. The van der Waals surface area contributed by atoms with Gasteiger partial charge in [0, 0.05) is 11.7 Å². The smallest absolute Gasteiger partial charge is 0.0522 e. The molecular formula is C18H25N3. The van der Waals surface area contributed by atoms with Gasteiger partial charge in [0.2, 0.25) is 0 Å². The highest BCUT2D eigenvalue weighted by Gasteiger charge is 2.23. The van der Waals surface area contributed by atoms with E-state index in [2.05, 4.69) is 53.6 Å². The van der Waals surface area contributed by atoms with Crippen LogP contribution in [-0.4, -0.2) is 16.7 Å². The highest BCUT2D eigenvalue weighted by molar-refractivity contribution is 5.34. The van der Waals surface area contributed by atoms with Crippen molar-refractivity contribution in [2.75, 3.05) is 6.54 Å². The molecular weight excluding hydrogens is 258 g/mol. The third-order valence-electron chi connectivity index (χ3n) is 4.74. The van der Waals surface area contributed by atoms with Gasteiger partial charge in [0.25, 0.3) is 0 Å². The van der Waals surface area contributed by atoms with Gasteiger partial charge in [-0.2, -0.15) is 5.10 Å². The molecule has 1 heterocycles. The standard InChI is InChI=1S/C18H25N3/c1-13-9-10-18(17-8-4-3-7-16(13)17)19-11-5-6-15-12-20-21-14(15)2/h3-4,7-8,12-13,18-19H,5-6,9-11H2,1-2H3,(H,20,21). The van der Waals surface area contributed by atoms with Crippen molar-refractivity contribution in [2.45, 2.75) is 51.5 Å². The Labute approximate surface area is 127 Å². The maximum absolute atomic E-state index is 4.08. The Bertz CT molecular complexity index is 588. The van der Waals surface area contributed by atoms with Crippen LogP contribution in [0.2, 0.25) is 0 Å². The van der Waals surface area contributed by atoms with Crippen LogP contribution in [0.5, 0.6) is 0 Å². The summed E-state index contributed by atoms with van der Waals surface area (Å²) in [5.41, 5.74) is 5.59. The van der Waals surface area contributed by atoms with Crippen LogP contribution in [0.25, 0.3) is 0 Å². The predicted octanol–water partition coefficient (Wildman–Crippen LogP) is 3.88. The lowest BCUT2D eigenvalue weighted by Gasteiger charge is -2.30. The summed E-state index contributed by atoms with van der Waals surface area (Å²) in [4.78, 5) is 0. The Kier molecular flexibility index (Phi) is 4.39. The molecule has 0 spiro atoms. The van der Waals surface area contributed by atoms with E-state index in [1.165, 1.54) is 35.2 Å². The number of nitrogens with one attached hydrogen (secondary N) is 2. The molecule has 2 aromatic rings. The van der Waals surface area contributed by atoms with E-state index in [1.807, 2.05) is 6.20 Å². The van der Waals surface area contributed by atoms with E-state index >= 15 is 0 Å². The third kappa shape index (κ3) is 3.18. The van der Waals surface area contributed by atoms with E-state index in [9.17, 15) is 0 Å². The van der Waals surface area contributed by atoms with Gasteiger partial charge < -0.3 is 5.32 Å². The minimum Gasteiger partial charge on any atom is -0.310 e. The highest BCUT2D eigenvalue weighted by atomic mass is 15.1. The van der Waals surface area contributed by atoms with E-state index in [-0.39, 0.29) is 0 Å². The summed E-state index contributed by atoms with van der Waals surface area (Å²) in [6, 6.07) is 9.45. The normalized spacial score (nSPS) is 21.2. The van der Waals surface area contributed by atoms with Gasteiger partial charge in [-0.25, -0.2) is 0 Å². The SMILES string of the molecule is Cc1[nH]ncc1CCCNC1CCC(C)c2ccccc21. The molecule has 0 amide bonds. The number of hydrogen-bond acceptors (Lipinski definition) is 2. The number of fused-ring (bicyclic) bond motifs is 1. The van der Waals surface area contributed by atoms with Gasteiger partial charge in [-0.1, -0.05) is 31.2 Å². The Morgan fingerprint density at radius 2 is 2.05 bits per heavy atom. The zero-order chi connectivity index (χ0) is 14.7. The van der Waals surface area contributed by atoms with Crippen molar-refractivity contribution in [3.05, 3.63) is 52.8 Å². The first kappa shape index (κ1) is 14.3. The number of H-pyrrole nitrogens is 1. The molecule has 2 unspecified atom stereocenters. The zero-order valence-electron chi connectivity index (χ0n) is 13.0. The molecule has 1 aromatic heterocycles. The lowest BCUT2D eigenvalue weighted by Crippen LogP contribution is -2.27. The van der Waals surface area contributed by atoms with Gasteiger partial charge in [0.1, 0.15) is 0 Å². The fourth-order valence-electron chi connectivity index (χ4n) is 3.40. The van der Waals surface area contributed by atoms with Crippen molar-refractivity contribution in [3.8, 4) is 0 Å². The van der Waals surface area contributed by atoms with Crippen LogP contribution in [0.1, 0.15) is 60.5 Å². The maximum atomic E-state index is 4.08. The molecule has 3 heteroatoms. The van der Waals surface area contributed by atoms with E-state index in [1.54, 1.807) is 0 Å². The molecule has 0 radical (unpaired) electrons. The molecule has 1 aliphatic rings. The largest absolute Gasteiger partial charge is 0.310 e. The summed E-state index contributed by atoms with van der Waals surface area (Å²) >= 11 is 0. The second-order valence-corrected chi connectivity index (χ2v) is 6.24. The Morgan fingerprint density at radius 3 is 2.81 bits per heavy atom. The molecule has 21 heavy (non-hydrogen) atoms. The van der Waals surface area contributed by atoms with Crippen LogP contribution in [-0.2, 0) is 6.42 Å². The minimum absolute atomic E-state index is 0.530. The molecule has 0 saturated carbocycles. The van der Waals surface area contributed by atoms with Crippen molar-refractivity contribution in [1.82, 2.24) is 15.5 Å². The second kappa shape index (κ2) is 6.44. The Balaban J connectivity index is 1.54. The molecule has 0 bridgehead atoms. The van der Waals surface area contributed by atoms with Crippen molar-refractivity contribution < 1.29 is 0 Å². The number of aromatic nitrogens is 2. The quantitative estimate of drug-likeness (QED) is 0.818. The zero-order valence-corrected chi connectivity index (χ0v) is 13.0. The van der Waals surface area contributed by atoms with Crippen LogP contribution in [0.4, 0.5) is 0 Å². The first-order chi connectivity index (χ1) is 10.3. The molecule has 2 atom stereocenters. The molecule has 3 rings (SSSR count). The number of nitrogens with zero attached hydrogens (tertiary/aromatic N) is 1. The predicted molar refractivity (Wildman–Crippen MR) is 86.5 cm³/mol. The van der Waals surface area contributed by atoms with Gasteiger partial charge in [-0.3, -0.25) is 5.10 Å². The topological polar surface area (TPSA) is 40.7 Å². The van der Waals surface area contributed by atoms with E-state index < -0.39 is 0 Å². The van der Waals surface area contributed by atoms with Gasteiger partial charge in [-0.15, -0.1) is 0 Å². The van der Waals surface area contributed by atoms with Gasteiger partial charge in [0.15, 0.2) is 0 Å². The fraction of sp³-hybridized carbons (Fsp3) is 0.500. The molecule has 1 aromatic carbocycles. The van der Waals surface area contributed by atoms with Crippen LogP contribution >= 0.6 is 0 Å². The van der Waals surface area contributed by atoms with Crippen LogP contribution in [0.15, 0.2) is 30.5 Å². The van der Waals surface area contributed by atoms with E-state index in [4.69, 9.17) is 0 Å². The van der Waals surface area contributed by atoms with Crippen molar-refractivity contribution >= 4 is 0 Å². The molecule has 0 fully saturated rings. The minimum atomic E-state index is 0.530. The summed E-state index contributed by atoms with van der Waals surface area (Å²) in [6.07, 6.45) is 6.75. The summed E-state index contributed by atoms with van der Waals surface area (Å²) in [6.45, 7) is 5.50. The molecule has 1 aliphatic carbocycles. The van der Waals surface area contributed by atoms with Crippen LogP contribution < -0.4 is 5.32 Å². The van der Waals surface area contributed by atoms with Crippen molar-refractivity contribution in [3.63, 3.8) is 0 Å². The lowest BCUT2D eigenvalue weighted by atomic mass is 9.81. The third-order valence-corrected chi connectivity index (χ3v) is 4.74. The monoisotopic (exact) mass is 283 g/mol. The van der Waals surface area contributed by atoms with Crippen molar-refractivity contribution in [1.29, 1.82) is 0 Å². The second-order valence-electron chi connectivity index (χ2n) is 6.24. The highest BCUT2D eigenvalue weighted by Crippen LogP contribution is 2.36. The lowest BCUT2D eigenvalue weighted by molar-refractivity contribution is 0.429. The van der Waals surface area contributed by atoms with E-state index in [0.717, 1.165) is 19.4 Å². The number of benzene rings is 1. The molecule has 0 saturated heterocycles. The van der Waals surface area contributed by atoms with Gasteiger partial charge in [0.05, 0.1) is 6.20 Å². The molecule has 2 N–H and O–H groups in total. The molecule has 0 aliphatic heterocycles. The van der Waals surface area contributed by atoms with Gasteiger partial charge >= 0.3 is 0 Å². The number of aryl methyl sites for hydroxylation is 2. The summed E-state index contributed by atoms with van der Waals surface area (Å²) in [5.74, 6) is 0.702. The van der Waals surface area contributed by atoms with Crippen LogP contribution in [0, 0.1) is 6.92 Å². The Hall–Kier alpha value is -1.61. The van der Waals surface area contributed by atoms with Crippen LogP contribution in [0.3, 0.4) is 0 Å². The van der Waals surface area contributed by atoms with Crippen molar-refractivity contribution in [2.24, 2.45) is 0 Å². The molecule has 112 valence electrons. The average molecular weight is 283 g/mol. The summed E-state index contributed by atoms with van der Waals surface area (Å²) in [5, 5.41) is 10.8.